The molecule has 0 aliphatic carbocycles. The molecule has 2 nitrogen and oxygen atoms in total. The molecule has 4 heteroatoms. The monoisotopic (exact) mass is 326 g/mol. The van der Waals surface area contributed by atoms with Crippen LogP contribution in [0.1, 0.15) is 0 Å². The normalized spacial score (nSPS) is 5.00. The zero-order valence-electron chi connectivity index (χ0n) is 2.48. The van der Waals surface area contributed by atoms with E-state index >= 15 is 0 Å². The van der Waals surface area contributed by atoms with E-state index in [4.69, 9.17) is 0 Å². The van der Waals surface area contributed by atoms with Gasteiger partial charge in [-0.2, -0.15) is 0 Å². The van der Waals surface area contributed by atoms with Crippen LogP contribution in [0.15, 0.2) is 0 Å². The Kier molecular flexibility index (Phi) is 5.75. The van der Waals surface area contributed by atoms with Gasteiger partial charge in [-0.25, -0.2) is 0 Å². The molecule has 0 aliphatic heterocycles. The van der Waals surface area contributed by atoms with Crippen molar-refractivity contribution in [3.8, 4) is 0 Å². The van der Waals surface area contributed by atoms with E-state index in [9.17, 15) is 4.79 Å². The van der Waals surface area contributed by atoms with Gasteiger partial charge in [0.25, 0.3) is 0 Å². The molecule has 0 unspecified atom stereocenters. The molecule has 0 N–H and O–H groups in total. The first-order chi connectivity index (χ1) is 2.41. The molecule has 26 valence electrons. The van der Waals surface area contributed by atoms with E-state index in [0.29, 0.717) is 6.47 Å². The Morgan fingerprint density at radius 3 is 2.60 bits per heavy atom. The summed E-state index contributed by atoms with van der Waals surface area (Å²) in [6.45, 7) is 0.482. The van der Waals surface area contributed by atoms with Gasteiger partial charge in [-0.15, -0.1) is 0 Å². The summed E-state index contributed by atoms with van der Waals surface area (Å²) in [5.41, 5.74) is 0. The van der Waals surface area contributed by atoms with Crippen LogP contribution in [0.3, 0.4) is 0 Å². The molecule has 0 amide bonds. The average Bonchev–Trinajstić information content (AvgIpc) is 1.41. The van der Waals surface area contributed by atoms with Crippen LogP contribution in [0, 0.1) is 0 Å². The number of halogens is 1. The molecule has 0 heterocycles. The summed E-state index contributed by atoms with van der Waals surface area (Å²) in [7, 11) is 0. The van der Waals surface area contributed by atoms with Crippen LogP contribution in [-0.4, -0.2) is 6.47 Å². The van der Waals surface area contributed by atoms with Gasteiger partial charge < -0.3 is 0 Å². The van der Waals surface area contributed by atoms with Crippen molar-refractivity contribution in [2.75, 3.05) is 0 Å². The maximum absolute atomic E-state index is 9.21. The van der Waals surface area contributed by atoms with E-state index in [0.717, 1.165) is 0 Å². The van der Waals surface area contributed by atoms with Gasteiger partial charge in [-0.1, -0.05) is 0 Å². The SMILES string of the molecule is O=C[O][Hg][Br]. The average molecular weight is 326 g/mol. The molecule has 0 aliphatic rings. The molecule has 0 aromatic rings. The Labute approximate surface area is 48.2 Å². The first-order valence-corrected chi connectivity index (χ1v) is 15.2. The number of carbonyl (C=O) groups is 1. The van der Waals surface area contributed by atoms with Crippen LogP contribution >= 0.6 is 11.9 Å². The fraction of sp³-hybridized carbons (Fsp3) is 0. The summed E-state index contributed by atoms with van der Waals surface area (Å²) in [6.07, 6.45) is 0. The van der Waals surface area contributed by atoms with Crippen molar-refractivity contribution in [1.82, 2.24) is 0 Å². The van der Waals surface area contributed by atoms with Crippen LogP contribution in [0.5, 0.6) is 0 Å². The molecule has 0 rings (SSSR count). The van der Waals surface area contributed by atoms with Crippen molar-refractivity contribution in [2.45, 2.75) is 0 Å². The Balaban J connectivity index is 2.40. The molecule has 0 atom stereocenters. The third-order valence-electron chi connectivity index (χ3n) is 0.131. The third kappa shape index (κ3) is 4.89. The molecule has 0 spiro atoms. The molecule has 0 aromatic carbocycles. The van der Waals surface area contributed by atoms with Crippen molar-refractivity contribution in [3.05, 3.63) is 0 Å². The van der Waals surface area contributed by atoms with E-state index < -0.39 is 22.6 Å². The van der Waals surface area contributed by atoms with Crippen molar-refractivity contribution in [3.63, 3.8) is 0 Å². The summed E-state index contributed by atoms with van der Waals surface area (Å²) < 4.78 is 4.29. The Morgan fingerprint density at radius 1 is 2.00 bits per heavy atom. The summed E-state index contributed by atoms with van der Waals surface area (Å²) >= 11 is 1.88. The maximum atomic E-state index is 9.21. The van der Waals surface area contributed by atoms with Gasteiger partial charge in [0.15, 0.2) is 0 Å². The van der Waals surface area contributed by atoms with Crippen LogP contribution < -0.4 is 0 Å². The number of rotatable bonds is 2. The Morgan fingerprint density at radius 2 is 2.60 bits per heavy atom. The van der Waals surface area contributed by atoms with Gasteiger partial charge in [-0.05, 0) is 0 Å². The van der Waals surface area contributed by atoms with Crippen molar-refractivity contribution < 1.29 is 30.0 Å². The molecule has 0 saturated carbocycles. The minimum absolute atomic E-state index is 0.482. The number of hydrogen-bond acceptors (Lipinski definition) is 2. The summed E-state index contributed by atoms with van der Waals surface area (Å²) in [5, 5.41) is 0. The Bertz CT molecular complexity index is 30.8. The van der Waals surface area contributed by atoms with Crippen LogP contribution in [-0.2, 0) is 30.0 Å². The van der Waals surface area contributed by atoms with Gasteiger partial charge in [0.05, 0.1) is 0 Å². The predicted molar refractivity (Wildman–Crippen MR) is 16.1 cm³/mol. The van der Waals surface area contributed by atoms with Gasteiger partial charge in [0.2, 0.25) is 0 Å². The van der Waals surface area contributed by atoms with Crippen molar-refractivity contribution in [1.29, 1.82) is 0 Å². The molecule has 0 aromatic heterocycles. The quantitative estimate of drug-likeness (QED) is 0.545. The fourth-order valence-electron chi connectivity index (χ4n) is 0.0257. The second-order valence-electron chi connectivity index (χ2n) is 0.372. The van der Waals surface area contributed by atoms with E-state index in [1.807, 2.05) is 0 Å². The summed E-state index contributed by atoms with van der Waals surface area (Å²) in [4.78, 5) is 9.21. The Hall–Kier alpha value is 0.885. The molecule has 0 bridgehead atoms. The zero-order chi connectivity index (χ0) is 4.12. The van der Waals surface area contributed by atoms with Crippen LogP contribution in [0.2, 0.25) is 0 Å². The topological polar surface area (TPSA) is 26.3 Å². The van der Waals surface area contributed by atoms with Crippen molar-refractivity contribution >= 4 is 18.4 Å². The van der Waals surface area contributed by atoms with E-state index in [-0.39, 0.29) is 0 Å². The summed E-state index contributed by atoms with van der Waals surface area (Å²) in [6, 6.07) is 0. The third-order valence-corrected chi connectivity index (χ3v) is 3.47. The molecule has 5 heavy (non-hydrogen) atoms. The van der Waals surface area contributed by atoms with E-state index in [1.54, 1.807) is 0 Å². The number of carbonyl (C=O) groups excluding carboxylic acids is 1. The van der Waals surface area contributed by atoms with Gasteiger partial charge >= 0.3 is 48.4 Å². The second kappa shape index (κ2) is 4.89. The molecule has 0 saturated heterocycles. The van der Waals surface area contributed by atoms with Crippen LogP contribution in [0.4, 0.5) is 0 Å². The van der Waals surface area contributed by atoms with E-state index in [2.05, 4.69) is 14.5 Å². The second-order valence-corrected chi connectivity index (χ2v) is 6.53. The molecular weight excluding hydrogens is 325 g/mol. The van der Waals surface area contributed by atoms with Gasteiger partial charge in [-0.3, -0.25) is 0 Å². The molecule has 0 fully saturated rings. The molecule has 0 radical (unpaired) electrons. The fourth-order valence-corrected chi connectivity index (χ4v) is 1.17. The summed E-state index contributed by atoms with van der Waals surface area (Å²) in [5.74, 6) is 0. The first kappa shape index (κ1) is 5.89. The first-order valence-electron chi connectivity index (χ1n) is 1.03. The minimum atomic E-state index is -1.20. The van der Waals surface area contributed by atoms with Crippen LogP contribution in [0.25, 0.3) is 0 Å². The van der Waals surface area contributed by atoms with Crippen molar-refractivity contribution in [2.24, 2.45) is 0 Å². The van der Waals surface area contributed by atoms with Gasteiger partial charge in [0.1, 0.15) is 0 Å². The molecular formula is CHBrHgO2. The van der Waals surface area contributed by atoms with Gasteiger partial charge in [0, 0.05) is 0 Å². The predicted octanol–water partition coefficient (Wildman–Crippen LogP) is 0.467. The van der Waals surface area contributed by atoms with E-state index in [1.165, 1.54) is 0 Å². The standard InChI is InChI=1S/CH2O2.BrH.Hg/c2-1-3;;/h1H,(H,2,3);1H;/q;;+2/p-2. The number of hydrogen-bond donors (Lipinski definition) is 0. The zero-order valence-corrected chi connectivity index (χ0v) is 9.56.